The van der Waals surface area contributed by atoms with Crippen molar-refractivity contribution in [1.29, 1.82) is 0 Å². The van der Waals surface area contributed by atoms with Gasteiger partial charge in [0.05, 0.1) is 12.5 Å². The number of benzene rings is 2. The lowest BCUT2D eigenvalue weighted by Crippen LogP contribution is -2.40. The van der Waals surface area contributed by atoms with Crippen molar-refractivity contribution >= 4 is 11.9 Å². The van der Waals surface area contributed by atoms with E-state index in [2.05, 4.69) is 5.32 Å². The van der Waals surface area contributed by atoms with E-state index in [1.54, 1.807) is 12.3 Å². The second-order valence-electron chi connectivity index (χ2n) is 10.7. The first kappa shape index (κ1) is 28.9. The van der Waals surface area contributed by atoms with Gasteiger partial charge >= 0.3 is 5.97 Å². The Morgan fingerprint density at radius 1 is 1.00 bits per heavy atom. The average Bonchev–Trinajstić information content (AvgIpc) is 2.83. The summed E-state index contributed by atoms with van der Waals surface area (Å²) in [4.78, 5) is 40.4. The summed E-state index contributed by atoms with van der Waals surface area (Å²) in [6.07, 6.45) is 1.91. The third-order valence-electron chi connectivity index (χ3n) is 6.59. The molecule has 202 valence electrons. The van der Waals surface area contributed by atoms with Gasteiger partial charge in [-0.2, -0.15) is 0 Å². The highest BCUT2D eigenvalue weighted by Crippen LogP contribution is 2.30. The lowest BCUT2D eigenvalue weighted by atomic mass is 9.92. The molecular weight excluding hydrogens is 478 g/mol. The highest BCUT2D eigenvalue weighted by molar-refractivity contribution is 5.82. The van der Waals surface area contributed by atoms with Crippen LogP contribution in [-0.2, 0) is 16.1 Å². The molecule has 0 saturated heterocycles. The topological polar surface area (TPSA) is 91.6 Å². The number of aliphatic carboxylic acids is 1. The van der Waals surface area contributed by atoms with E-state index < -0.39 is 18.1 Å². The maximum Gasteiger partial charge on any atom is 0.305 e. The molecule has 38 heavy (non-hydrogen) atoms. The minimum Gasteiger partial charge on any atom is -0.481 e. The number of hydrogen-bond donors (Lipinski definition) is 2. The molecule has 1 amide bonds. The van der Waals surface area contributed by atoms with Crippen molar-refractivity contribution in [3.05, 3.63) is 93.4 Å². The summed E-state index contributed by atoms with van der Waals surface area (Å²) in [5.41, 5.74) is 5.66. The summed E-state index contributed by atoms with van der Waals surface area (Å²) >= 11 is 0. The first-order chi connectivity index (χ1) is 18.0. The molecule has 0 aliphatic rings. The maximum atomic E-state index is 13.7. The Morgan fingerprint density at radius 2 is 1.66 bits per heavy atom. The van der Waals surface area contributed by atoms with Gasteiger partial charge in [0.25, 0.3) is 5.56 Å². The molecular formula is C31H39N3O4. The molecule has 1 heterocycles. The minimum absolute atomic E-state index is 0.139. The number of carbonyl (C=O) groups is 2. The van der Waals surface area contributed by atoms with E-state index in [0.717, 1.165) is 27.8 Å². The first-order valence-electron chi connectivity index (χ1n) is 13.0. The zero-order valence-corrected chi connectivity index (χ0v) is 23.2. The molecule has 7 nitrogen and oxygen atoms in total. The van der Waals surface area contributed by atoms with Gasteiger partial charge in [-0.05, 0) is 79.7 Å². The number of carboxylic acid groups (broad SMARTS) is 1. The predicted molar refractivity (Wildman–Crippen MR) is 151 cm³/mol. The predicted octanol–water partition coefficient (Wildman–Crippen LogP) is 5.11. The van der Waals surface area contributed by atoms with Crippen LogP contribution < -0.4 is 10.9 Å². The Labute approximate surface area is 225 Å². The van der Waals surface area contributed by atoms with Gasteiger partial charge < -0.3 is 19.9 Å². The number of carbonyl (C=O) groups excluding carboxylic acids is 1. The van der Waals surface area contributed by atoms with E-state index in [-0.39, 0.29) is 23.8 Å². The summed E-state index contributed by atoms with van der Waals surface area (Å²) in [6, 6.07) is 15.5. The number of hydrogen-bond acceptors (Lipinski definition) is 4. The van der Waals surface area contributed by atoms with Crippen LogP contribution in [0.1, 0.15) is 61.0 Å². The molecule has 0 aliphatic heterocycles. The SMILES string of the molecule is Cc1cccc(C)c1-c1cccc([C@H](CC(=O)O)NC(=O)C(CC(C)C)n2cc(CN(C)C)ccc2=O)c1. The molecule has 0 radical (unpaired) electrons. The van der Waals surface area contributed by atoms with E-state index in [9.17, 15) is 19.5 Å². The molecule has 2 aromatic carbocycles. The Kier molecular flexibility index (Phi) is 9.64. The van der Waals surface area contributed by atoms with Crippen molar-refractivity contribution in [2.75, 3.05) is 14.1 Å². The van der Waals surface area contributed by atoms with Gasteiger partial charge in [0.15, 0.2) is 0 Å². The number of rotatable bonds is 11. The fraction of sp³-hybridized carbons (Fsp3) is 0.387. The van der Waals surface area contributed by atoms with E-state index in [4.69, 9.17) is 0 Å². The van der Waals surface area contributed by atoms with Gasteiger partial charge in [-0.3, -0.25) is 14.4 Å². The standard InChI is InChI=1S/C31H39N3O4/c1-20(2)15-27(34-19-23(18-33(5)6)13-14-28(34)35)31(38)32-26(17-29(36)37)24-11-8-12-25(16-24)30-21(3)9-7-10-22(30)4/h7-14,16,19-20,26-27H,15,17-18H2,1-6H3,(H,32,38)(H,36,37)/t26-,27?/m0/s1. The molecule has 2 N–H and O–H groups in total. The summed E-state index contributed by atoms with van der Waals surface area (Å²) in [7, 11) is 3.88. The van der Waals surface area contributed by atoms with Crippen LogP contribution >= 0.6 is 0 Å². The van der Waals surface area contributed by atoms with E-state index in [1.807, 2.05) is 89.2 Å². The van der Waals surface area contributed by atoms with Crippen molar-refractivity contribution in [3.63, 3.8) is 0 Å². The summed E-state index contributed by atoms with van der Waals surface area (Å²) < 4.78 is 1.49. The third-order valence-corrected chi connectivity index (χ3v) is 6.59. The highest BCUT2D eigenvalue weighted by atomic mass is 16.4. The van der Waals surface area contributed by atoms with Crippen LogP contribution in [-0.4, -0.2) is 40.5 Å². The number of aryl methyl sites for hydroxylation is 2. The van der Waals surface area contributed by atoms with E-state index in [1.165, 1.54) is 10.6 Å². The van der Waals surface area contributed by atoms with Gasteiger partial charge in [0, 0.05) is 18.8 Å². The number of nitrogens with zero attached hydrogens (tertiary/aromatic N) is 2. The van der Waals surface area contributed by atoms with Crippen molar-refractivity contribution in [3.8, 4) is 11.1 Å². The largest absolute Gasteiger partial charge is 0.481 e. The van der Waals surface area contributed by atoms with Gasteiger partial charge in [-0.15, -0.1) is 0 Å². The number of nitrogens with one attached hydrogen (secondary N) is 1. The number of pyridine rings is 1. The molecule has 2 atom stereocenters. The van der Waals surface area contributed by atoms with E-state index >= 15 is 0 Å². The first-order valence-corrected chi connectivity index (χ1v) is 13.0. The monoisotopic (exact) mass is 517 g/mol. The van der Waals surface area contributed by atoms with Gasteiger partial charge in [0.1, 0.15) is 6.04 Å². The van der Waals surface area contributed by atoms with Gasteiger partial charge in [0.2, 0.25) is 5.91 Å². The Bertz CT molecular complexity index is 1320. The van der Waals surface area contributed by atoms with E-state index in [0.29, 0.717) is 18.5 Å². The third kappa shape index (κ3) is 7.42. The molecule has 0 fully saturated rings. The van der Waals surface area contributed by atoms with Crippen LogP contribution in [0.2, 0.25) is 0 Å². The fourth-order valence-electron chi connectivity index (χ4n) is 4.92. The van der Waals surface area contributed by atoms with Crippen LogP contribution in [0.4, 0.5) is 0 Å². The molecule has 0 bridgehead atoms. The molecule has 0 saturated carbocycles. The normalized spacial score (nSPS) is 12.9. The Balaban J connectivity index is 1.99. The lowest BCUT2D eigenvalue weighted by molar-refractivity contribution is -0.138. The summed E-state index contributed by atoms with van der Waals surface area (Å²) in [5, 5.41) is 12.7. The fourth-order valence-corrected chi connectivity index (χ4v) is 4.92. The number of amides is 1. The molecule has 0 spiro atoms. The molecule has 0 aliphatic carbocycles. The van der Waals surface area contributed by atoms with Crippen LogP contribution in [0.25, 0.3) is 11.1 Å². The zero-order valence-electron chi connectivity index (χ0n) is 23.2. The van der Waals surface area contributed by atoms with Gasteiger partial charge in [-0.25, -0.2) is 0 Å². The Morgan fingerprint density at radius 3 is 2.26 bits per heavy atom. The summed E-state index contributed by atoms with van der Waals surface area (Å²) in [5.74, 6) is -1.25. The van der Waals surface area contributed by atoms with Crippen LogP contribution in [0.3, 0.4) is 0 Å². The van der Waals surface area contributed by atoms with Crippen molar-refractivity contribution in [2.24, 2.45) is 5.92 Å². The van der Waals surface area contributed by atoms with Crippen LogP contribution in [0, 0.1) is 19.8 Å². The smallest absolute Gasteiger partial charge is 0.305 e. The highest BCUT2D eigenvalue weighted by Gasteiger charge is 2.27. The van der Waals surface area contributed by atoms with Crippen molar-refractivity contribution in [1.82, 2.24) is 14.8 Å². The lowest BCUT2D eigenvalue weighted by Gasteiger charge is -2.26. The molecule has 7 heteroatoms. The van der Waals surface area contributed by atoms with Gasteiger partial charge in [-0.1, -0.05) is 56.3 Å². The second-order valence-corrected chi connectivity index (χ2v) is 10.7. The van der Waals surface area contributed by atoms with Crippen LogP contribution in [0.15, 0.2) is 65.6 Å². The Hall–Kier alpha value is -3.71. The molecule has 3 aromatic rings. The number of aromatic nitrogens is 1. The number of carboxylic acids is 1. The van der Waals surface area contributed by atoms with Crippen molar-refractivity contribution in [2.45, 2.75) is 59.2 Å². The average molecular weight is 518 g/mol. The minimum atomic E-state index is -1.02. The zero-order chi connectivity index (χ0) is 28.0. The quantitative estimate of drug-likeness (QED) is 0.369. The van der Waals surface area contributed by atoms with Crippen molar-refractivity contribution < 1.29 is 14.7 Å². The van der Waals surface area contributed by atoms with Crippen LogP contribution in [0.5, 0.6) is 0 Å². The second kappa shape index (κ2) is 12.7. The molecule has 3 rings (SSSR count). The maximum absolute atomic E-state index is 13.7. The molecule has 1 aromatic heterocycles. The summed E-state index contributed by atoms with van der Waals surface area (Å²) in [6.45, 7) is 8.72. The molecule has 1 unspecified atom stereocenters.